The lowest BCUT2D eigenvalue weighted by atomic mass is 10.2. The molecular weight excluding hydrogens is 282 g/mol. The van der Waals surface area contributed by atoms with E-state index >= 15 is 0 Å². The van der Waals surface area contributed by atoms with Gasteiger partial charge in [-0.3, -0.25) is 0 Å². The van der Waals surface area contributed by atoms with E-state index in [1.807, 2.05) is 5.51 Å². The number of rotatable bonds is 8. The highest BCUT2D eigenvalue weighted by molar-refractivity contribution is 7.07. The standard InChI is InChI=1S/C15H23N5S/c1-4-7-16-14-11(3)15(20-13(5-2)19-14)17-8-6-12-9-21-10-18-12/h9-10H,4-8H2,1-3H3,(H2,16,17,19,20). The fourth-order valence-corrected chi connectivity index (χ4v) is 2.57. The molecule has 0 saturated heterocycles. The topological polar surface area (TPSA) is 62.7 Å². The van der Waals surface area contributed by atoms with E-state index in [0.717, 1.165) is 61.1 Å². The monoisotopic (exact) mass is 305 g/mol. The Morgan fingerprint density at radius 3 is 2.38 bits per heavy atom. The summed E-state index contributed by atoms with van der Waals surface area (Å²) in [6.45, 7) is 8.05. The van der Waals surface area contributed by atoms with Crippen LogP contribution in [-0.4, -0.2) is 28.0 Å². The zero-order chi connectivity index (χ0) is 15.1. The molecule has 0 unspecified atom stereocenters. The molecule has 0 bridgehead atoms. The van der Waals surface area contributed by atoms with E-state index in [1.54, 1.807) is 11.3 Å². The van der Waals surface area contributed by atoms with Crippen LogP contribution in [-0.2, 0) is 12.8 Å². The van der Waals surface area contributed by atoms with Crippen molar-refractivity contribution >= 4 is 23.0 Å². The number of nitrogens with zero attached hydrogens (tertiary/aromatic N) is 3. The predicted octanol–water partition coefficient (Wildman–Crippen LogP) is 3.28. The van der Waals surface area contributed by atoms with Gasteiger partial charge in [0.1, 0.15) is 17.5 Å². The number of hydrogen-bond acceptors (Lipinski definition) is 6. The fourth-order valence-electron chi connectivity index (χ4n) is 1.98. The Morgan fingerprint density at radius 2 is 1.81 bits per heavy atom. The normalized spacial score (nSPS) is 10.6. The predicted molar refractivity (Wildman–Crippen MR) is 89.2 cm³/mol. The molecule has 0 aliphatic rings. The van der Waals surface area contributed by atoms with Gasteiger partial charge in [-0.25, -0.2) is 15.0 Å². The molecule has 0 saturated carbocycles. The van der Waals surface area contributed by atoms with Crippen molar-refractivity contribution in [1.82, 2.24) is 15.0 Å². The second kappa shape index (κ2) is 7.93. The van der Waals surface area contributed by atoms with Crippen LogP contribution in [0.4, 0.5) is 11.6 Å². The molecule has 0 aliphatic carbocycles. The highest BCUT2D eigenvalue weighted by Gasteiger charge is 2.09. The van der Waals surface area contributed by atoms with E-state index in [9.17, 15) is 0 Å². The van der Waals surface area contributed by atoms with Crippen LogP contribution in [0, 0.1) is 6.92 Å². The first-order chi connectivity index (χ1) is 10.2. The molecule has 0 spiro atoms. The van der Waals surface area contributed by atoms with Crippen molar-refractivity contribution in [3.05, 3.63) is 28.0 Å². The lowest BCUT2D eigenvalue weighted by Crippen LogP contribution is -2.13. The number of thiazole rings is 1. The van der Waals surface area contributed by atoms with Crippen LogP contribution in [0.5, 0.6) is 0 Å². The van der Waals surface area contributed by atoms with E-state index in [-0.39, 0.29) is 0 Å². The highest BCUT2D eigenvalue weighted by atomic mass is 32.1. The van der Waals surface area contributed by atoms with Gasteiger partial charge < -0.3 is 10.6 Å². The first-order valence-corrected chi connectivity index (χ1v) is 8.41. The van der Waals surface area contributed by atoms with E-state index in [2.05, 4.69) is 51.7 Å². The minimum atomic E-state index is 0.831. The lowest BCUT2D eigenvalue weighted by molar-refractivity contribution is 0.896. The van der Waals surface area contributed by atoms with Crippen molar-refractivity contribution in [3.63, 3.8) is 0 Å². The van der Waals surface area contributed by atoms with E-state index < -0.39 is 0 Å². The summed E-state index contributed by atoms with van der Waals surface area (Å²) in [4.78, 5) is 13.5. The third-order valence-electron chi connectivity index (χ3n) is 3.21. The molecule has 0 aromatic carbocycles. The molecule has 21 heavy (non-hydrogen) atoms. The van der Waals surface area contributed by atoms with Crippen LogP contribution >= 0.6 is 11.3 Å². The molecule has 0 atom stereocenters. The molecule has 0 radical (unpaired) electrons. The summed E-state index contributed by atoms with van der Waals surface area (Å²) < 4.78 is 0. The van der Waals surface area contributed by atoms with Crippen molar-refractivity contribution in [2.24, 2.45) is 0 Å². The number of anilines is 2. The quantitative estimate of drug-likeness (QED) is 0.783. The molecule has 6 heteroatoms. The third kappa shape index (κ3) is 4.39. The lowest BCUT2D eigenvalue weighted by Gasteiger charge is -2.14. The van der Waals surface area contributed by atoms with Crippen LogP contribution in [0.25, 0.3) is 0 Å². The Morgan fingerprint density at radius 1 is 1.10 bits per heavy atom. The van der Waals surface area contributed by atoms with Gasteiger partial charge in [-0.05, 0) is 13.3 Å². The van der Waals surface area contributed by atoms with Crippen molar-refractivity contribution in [2.45, 2.75) is 40.0 Å². The van der Waals surface area contributed by atoms with Gasteiger partial charge in [0.25, 0.3) is 0 Å². The van der Waals surface area contributed by atoms with Gasteiger partial charge in [0.2, 0.25) is 0 Å². The van der Waals surface area contributed by atoms with E-state index in [1.165, 1.54) is 0 Å². The molecule has 2 heterocycles. The maximum atomic E-state index is 4.60. The van der Waals surface area contributed by atoms with Crippen molar-refractivity contribution in [3.8, 4) is 0 Å². The summed E-state index contributed by atoms with van der Waals surface area (Å²) in [5, 5.41) is 8.88. The van der Waals surface area contributed by atoms with Gasteiger partial charge in [-0.2, -0.15) is 0 Å². The largest absolute Gasteiger partial charge is 0.370 e. The van der Waals surface area contributed by atoms with E-state index in [0.29, 0.717) is 0 Å². The Kier molecular flexibility index (Phi) is 5.92. The minimum Gasteiger partial charge on any atom is -0.370 e. The molecule has 2 rings (SSSR count). The first-order valence-electron chi connectivity index (χ1n) is 7.46. The Bertz CT molecular complexity index is 553. The molecule has 0 fully saturated rings. The molecular formula is C15H23N5S. The molecule has 2 aromatic rings. The smallest absolute Gasteiger partial charge is 0.134 e. The van der Waals surface area contributed by atoms with Gasteiger partial charge in [-0.1, -0.05) is 13.8 Å². The number of nitrogens with one attached hydrogen (secondary N) is 2. The van der Waals surface area contributed by atoms with Crippen LogP contribution in [0.2, 0.25) is 0 Å². The summed E-state index contributed by atoms with van der Waals surface area (Å²) in [5.74, 6) is 2.74. The van der Waals surface area contributed by atoms with Gasteiger partial charge in [0.05, 0.1) is 11.2 Å². The average molecular weight is 305 g/mol. The SMILES string of the molecule is CCCNc1nc(CC)nc(NCCc2cscn2)c1C. The fraction of sp³-hybridized carbons (Fsp3) is 0.533. The number of aryl methyl sites for hydroxylation is 1. The average Bonchev–Trinajstić information content (AvgIpc) is 3.01. The van der Waals surface area contributed by atoms with Crippen LogP contribution in [0.15, 0.2) is 10.9 Å². The van der Waals surface area contributed by atoms with Crippen LogP contribution < -0.4 is 10.6 Å². The first kappa shape index (κ1) is 15.7. The summed E-state index contributed by atoms with van der Waals surface area (Å²) >= 11 is 1.63. The zero-order valence-corrected chi connectivity index (χ0v) is 13.8. The van der Waals surface area contributed by atoms with Crippen molar-refractivity contribution in [2.75, 3.05) is 23.7 Å². The van der Waals surface area contributed by atoms with E-state index in [4.69, 9.17) is 0 Å². The molecule has 0 aliphatic heterocycles. The molecule has 0 amide bonds. The molecule has 2 aromatic heterocycles. The van der Waals surface area contributed by atoms with Gasteiger partial charge in [0.15, 0.2) is 0 Å². The number of aromatic nitrogens is 3. The molecule has 5 nitrogen and oxygen atoms in total. The summed E-state index contributed by atoms with van der Waals surface area (Å²) in [6, 6.07) is 0. The van der Waals surface area contributed by atoms with Gasteiger partial charge >= 0.3 is 0 Å². The Hall–Kier alpha value is -1.69. The second-order valence-corrected chi connectivity index (χ2v) is 5.62. The van der Waals surface area contributed by atoms with Crippen molar-refractivity contribution in [1.29, 1.82) is 0 Å². The summed E-state index contributed by atoms with van der Waals surface area (Å²) in [7, 11) is 0. The Labute approximate surface area is 130 Å². The maximum absolute atomic E-state index is 4.60. The minimum absolute atomic E-state index is 0.831. The number of hydrogen-bond donors (Lipinski definition) is 2. The third-order valence-corrected chi connectivity index (χ3v) is 3.84. The maximum Gasteiger partial charge on any atom is 0.134 e. The van der Waals surface area contributed by atoms with Gasteiger partial charge in [0, 0.05) is 36.9 Å². The summed E-state index contributed by atoms with van der Waals surface area (Å²) in [6.07, 6.45) is 2.82. The van der Waals surface area contributed by atoms with Gasteiger partial charge in [-0.15, -0.1) is 11.3 Å². The van der Waals surface area contributed by atoms with Crippen LogP contribution in [0.3, 0.4) is 0 Å². The summed E-state index contributed by atoms with van der Waals surface area (Å²) in [5.41, 5.74) is 4.07. The molecule has 114 valence electrons. The second-order valence-electron chi connectivity index (χ2n) is 4.90. The highest BCUT2D eigenvalue weighted by Crippen LogP contribution is 2.20. The Balaban J connectivity index is 2.05. The molecule has 2 N–H and O–H groups in total. The zero-order valence-electron chi connectivity index (χ0n) is 12.9. The van der Waals surface area contributed by atoms with Crippen LogP contribution in [0.1, 0.15) is 37.4 Å². The van der Waals surface area contributed by atoms with Crippen molar-refractivity contribution < 1.29 is 0 Å².